The molecular weight excluding hydrogens is 194 g/mol. The second-order valence-corrected chi connectivity index (χ2v) is 3.25. The molecule has 4 nitrogen and oxygen atoms in total. The van der Waals surface area contributed by atoms with Gasteiger partial charge in [-0.05, 0) is 37.1 Å². The van der Waals surface area contributed by atoms with Gasteiger partial charge in [0.2, 0.25) is 6.29 Å². The predicted molar refractivity (Wildman–Crippen MR) is 57.2 cm³/mol. The van der Waals surface area contributed by atoms with Crippen LogP contribution in [0.2, 0.25) is 0 Å². The Balaban J connectivity index is 3.03. The summed E-state index contributed by atoms with van der Waals surface area (Å²) >= 11 is 0. The average Bonchev–Trinajstić information content (AvgIpc) is 2.17. The van der Waals surface area contributed by atoms with Crippen LogP contribution in [0.3, 0.4) is 0 Å². The second kappa shape index (κ2) is 4.59. The lowest BCUT2D eigenvalue weighted by Gasteiger charge is -2.10. The summed E-state index contributed by atoms with van der Waals surface area (Å²) in [5, 5.41) is 2.46. The van der Waals surface area contributed by atoms with E-state index >= 15 is 0 Å². The summed E-state index contributed by atoms with van der Waals surface area (Å²) in [7, 11) is 1.60. The van der Waals surface area contributed by atoms with Crippen LogP contribution in [0.1, 0.15) is 11.1 Å². The van der Waals surface area contributed by atoms with Crippen molar-refractivity contribution in [2.45, 2.75) is 13.8 Å². The van der Waals surface area contributed by atoms with Crippen LogP contribution in [0.5, 0.6) is 5.75 Å². The van der Waals surface area contributed by atoms with Crippen LogP contribution in [0.25, 0.3) is 0 Å². The van der Waals surface area contributed by atoms with Crippen molar-refractivity contribution in [3.05, 3.63) is 23.3 Å². The van der Waals surface area contributed by atoms with Crippen molar-refractivity contribution in [3.8, 4) is 5.75 Å². The monoisotopic (exact) mass is 207 g/mol. The lowest BCUT2D eigenvalue weighted by Crippen LogP contribution is -2.12. The van der Waals surface area contributed by atoms with Crippen LogP contribution in [0.4, 0.5) is 5.69 Å². The van der Waals surface area contributed by atoms with Crippen molar-refractivity contribution in [2.24, 2.45) is 0 Å². The molecule has 0 atom stereocenters. The molecule has 0 aliphatic carbocycles. The lowest BCUT2D eigenvalue weighted by molar-refractivity contribution is -0.127. The van der Waals surface area contributed by atoms with Crippen LogP contribution in [-0.4, -0.2) is 19.3 Å². The number of anilines is 1. The SMILES string of the molecule is COc1c(C)cc(NC(=O)C=O)cc1C. The van der Waals surface area contributed by atoms with Crippen LogP contribution in [0.15, 0.2) is 12.1 Å². The van der Waals surface area contributed by atoms with Crippen LogP contribution < -0.4 is 10.1 Å². The van der Waals surface area contributed by atoms with Gasteiger partial charge in [0.1, 0.15) is 5.75 Å². The molecule has 0 fully saturated rings. The molecule has 0 aliphatic heterocycles. The summed E-state index contributed by atoms with van der Waals surface area (Å²) in [6.45, 7) is 3.75. The number of hydrogen-bond acceptors (Lipinski definition) is 3. The minimum absolute atomic E-state index is 0.245. The highest BCUT2D eigenvalue weighted by molar-refractivity contribution is 6.29. The Morgan fingerprint density at radius 2 is 1.87 bits per heavy atom. The van der Waals surface area contributed by atoms with E-state index in [0.717, 1.165) is 16.9 Å². The number of benzene rings is 1. The van der Waals surface area contributed by atoms with E-state index in [1.165, 1.54) is 0 Å². The van der Waals surface area contributed by atoms with Gasteiger partial charge < -0.3 is 10.1 Å². The summed E-state index contributed by atoms with van der Waals surface area (Å²) in [5.41, 5.74) is 2.43. The van der Waals surface area contributed by atoms with Crippen molar-refractivity contribution >= 4 is 17.9 Å². The van der Waals surface area contributed by atoms with Gasteiger partial charge in [-0.25, -0.2) is 0 Å². The van der Waals surface area contributed by atoms with E-state index in [2.05, 4.69) is 5.32 Å². The van der Waals surface area contributed by atoms with Gasteiger partial charge in [0, 0.05) is 5.69 Å². The first-order valence-corrected chi connectivity index (χ1v) is 4.50. The summed E-state index contributed by atoms with van der Waals surface area (Å²) in [6, 6.07) is 3.51. The average molecular weight is 207 g/mol. The number of carbonyl (C=O) groups is 2. The lowest BCUT2D eigenvalue weighted by atomic mass is 10.1. The maximum absolute atomic E-state index is 10.8. The van der Waals surface area contributed by atoms with E-state index in [0.29, 0.717) is 5.69 Å². The zero-order valence-electron chi connectivity index (χ0n) is 8.96. The minimum Gasteiger partial charge on any atom is -0.496 e. The van der Waals surface area contributed by atoms with Crippen LogP contribution in [0, 0.1) is 13.8 Å². The van der Waals surface area contributed by atoms with Gasteiger partial charge in [-0.3, -0.25) is 9.59 Å². The van der Waals surface area contributed by atoms with Crippen molar-refractivity contribution in [1.82, 2.24) is 0 Å². The number of amides is 1. The molecule has 0 heterocycles. The third-order valence-corrected chi connectivity index (χ3v) is 2.04. The fraction of sp³-hybridized carbons (Fsp3) is 0.273. The number of rotatable bonds is 3. The Labute approximate surface area is 88.2 Å². The van der Waals surface area contributed by atoms with Crippen LogP contribution in [-0.2, 0) is 9.59 Å². The molecule has 1 amide bonds. The molecule has 1 rings (SSSR count). The molecular formula is C11H13NO3. The number of nitrogens with one attached hydrogen (secondary N) is 1. The van der Waals surface area contributed by atoms with Crippen molar-refractivity contribution < 1.29 is 14.3 Å². The number of ether oxygens (including phenoxy) is 1. The van der Waals surface area contributed by atoms with Gasteiger partial charge in [-0.1, -0.05) is 0 Å². The molecule has 80 valence electrons. The quantitative estimate of drug-likeness (QED) is 0.603. The minimum atomic E-state index is -0.654. The molecule has 1 aromatic rings. The van der Waals surface area contributed by atoms with Crippen molar-refractivity contribution in [3.63, 3.8) is 0 Å². The molecule has 0 saturated heterocycles. The third-order valence-electron chi connectivity index (χ3n) is 2.04. The molecule has 1 aromatic carbocycles. The molecule has 0 bridgehead atoms. The van der Waals surface area contributed by atoms with Gasteiger partial charge >= 0.3 is 0 Å². The number of carbonyl (C=O) groups excluding carboxylic acids is 2. The van der Waals surface area contributed by atoms with Gasteiger partial charge in [-0.15, -0.1) is 0 Å². The predicted octanol–water partition coefficient (Wildman–Crippen LogP) is 1.45. The number of aryl methyl sites for hydroxylation is 2. The van der Waals surface area contributed by atoms with Gasteiger partial charge in [0.25, 0.3) is 5.91 Å². The summed E-state index contributed by atoms with van der Waals surface area (Å²) in [6.07, 6.45) is 0.245. The Hall–Kier alpha value is -1.84. The molecule has 0 spiro atoms. The number of methoxy groups -OCH3 is 1. The molecule has 0 radical (unpaired) electrons. The molecule has 0 aromatic heterocycles. The molecule has 0 saturated carbocycles. The smallest absolute Gasteiger partial charge is 0.288 e. The fourth-order valence-corrected chi connectivity index (χ4v) is 1.52. The Kier molecular flexibility index (Phi) is 3.44. The maximum Gasteiger partial charge on any atom is 0.288 e. The first-order valence-electron chi connectivity index (χ1n) is 4.50. The summed E-state index contributed by atoms with van der Waals surface area (Å²) in [4.78, 5) is 21.0. The highest BCUT2D eigenvalue weighted by Gasteiger charge is 2.06. The Morgan fingerprint density at radius 3 is 2.27 bits per heavy atom. The molecule has 0 aliphatic rings. The van der Waals surface area contributed by atoms with E-state index in [-0.39, 0.29) is 6.29 Å². The normalized spacial score (nSPS) is 9.53. The summed E-state index contributed by atoms with van der Waals surface area (Å²) < 4.78 is 5.18. The number of aldehydes is 1. The third kappa shape index (κ3) is 2.56. The number of hydrogen-bond donors (Lipinski definition) is 1. The van der Waals surface area contributed by atoms with E-state index < -0.39 is 5.91 Å². The summed E-state index contributed by atoms with van der Waals surface area (Å²) in [5.74, 6) is 0.137. The first-order chi connectivity index (χ1) is 7.08. The van der Waals surface area contributed by atoms with Gasteiger partial charge in [0.15, 0.2) is 0 Å². The largest absolute Gasteiger partial charge is 0.496 e. The Bertz CT molecular complexity index is 376. The molecule has 15 heavy (non-hydrogen) atoms. The van der Waals surface area contributed by atoms with E-state index in [4.69, 9.17) is 4.74 Å². The Morgan fingerprint density at radius 1 is 1.33 bits per heavy atom. The standard InChI is InChI=1S/C11H13NO3/c1-7-4-9(12-10(14)6-13)5-8(2)11(7)15-3/h4-6H,1-3H3,(H,12,14). The van der Waals surface area contributed by atoms with Gasteiger partial charge in [-0.2, -0.15) is 0 Å². The first kappa shape index (κ1) is 11.2. The van der Waals surface area contributed by atoms with Crippen molar-refractivity contribution in [1.29, 1.82) is 0 Å². The zero-order valence-corrected chi connectivity index (χ0v) is 8.96. The topological polar surface area (TPSA) is 55.4 Å². The maximum atomic E-state index is 10.8. The van der Waals surface area contributed by atoms with E-state index in [1.807, 2.05) is 13.8 Å². The highest BCUT2D eigenvalue weighted by atomic mass is 16.5. The van der Waals surface area contributed by atoms with E-state index in [1.54, 1.807) is 19.2 Å². The molecule has 1 N–H and O–H groups in total. The van der Waals surface area contributed by atoms with E-state index in [9.17, 15) is 9.59 Å². The zero-order chi connectivity index (χ0) is 11.4. The second-order valence-electron chi connectivity index (χ2n) is 3.25. The molecule has 0 unspecified atom stereocenters. The van der Waals surface area contributed by atoms with Crippen LogP contribution >= 0.6 is 0 Å². The fourth-order valence-electron chi connectivity index (χ4n) is 1.52. The van der Waals surface area contributed by atoms with Crippen molar-refractivity contribution in [2.75, 3.05) is 12.4 Å². The highest BCUT2D eigenvalue weighted by Crippen LogP contribution is 2.26. The van der Waals surface area contributed by atoms with Gasteiger partial charge in [0.05, 0.1) is 7.11 Å². The molecule has 4 heteroatoms.